The van der Waals surface area contributed by atoms with E-state index in [0.29, 0.717) is 11.1 Å². The van der Waals surface area contributed by atoms with Crippen LogP contribution in [-0.2, 0) is 14.3 Å². The molecule has 1 N–H and O–H groups in total. The molecule has 4 nitrogen and oxygen atoms in total. The molecule has 0 bridgehead atoms. The first-order chi connectivity index (χ1) is 9.22. The van der Waals surface area contributed by atoms with Crippen molar-refractivity contribution in [1.82, 2.24) is 5.32 Å². The van der Waals surface area contributed by atoms with Gasteiger partial charge in [-0.1, -0.05) is 36.4 Å². The Hall–Kier alpha value is -2.58. The van der Waals surface area contributed by atoms with Gasteiger partial charge < -0.3 is 10.1 Å². The minimum Gasteiger partial charge on any atom is -0.467 e. The van der Waals surface area contributed by atoms with Gasteiger partial charge in [0.15, 0.2) is 6.04 Å². The molecule has 2 rings (SSSR count). The number of benzene rings is 1. The lowest BCUT2D eigenvalue weighted by atomic mass is 10.1. The van der Waals surface area contributed by atoms with Gasteiger partial charge in [-0.2, -0.15) is 0 Å². The minimum atomic E-state index is -0.818. The van der Waals surface area contributed by atoms with Crippen molar-refractivity contribution in [2.75, 3.05) is 7.11 Å². The van der Waals surface area contributed by atoms with Gasteiger partial charge in [-0.25, -0.2) is 4.79 Å². The van der Waals surface area contributed by atoms with Crippen LogP contribution in [-0.4, -0.2) is 19.0 Å². The third kappa shape index (κ3) is 3.00. The van der Waals surface area contributed by atoms with Crippen LogP contribution < -0.4 is 5.32 Å². The lowest BCUT2D eigenvalue weighted by Gasteiger charge is -2.16. The van der Waals surface area contributed by atoms with E-state index in [9.17, 15) is 9.59 Å². The van der Waals surface area contributed by atoms with Crippen molar-refractivity contribution in [1.29, 1.82) is 0 Å². The summed E-state index contributed by atoms with van der Waals surface area (Å²) in [4.78, 5) is 23.7. The maximum atomic E-state index is 12.0. The van der Waals surface area contributed by atoms with Crippen molar-refractivity contribution >= 4 is 11.9 Å². The monoisotopic (exact) mass is 255 g/mol. The molecule has 0 radical (unpaired) electrons. The van der Waals surface area contributed by atoms with Crippen LogP contribution in [0.5, 0.6) is 0 Å². The van der Waals surface area contributed by atoms with Crippen LogP contribution in [0.4, 0.5) is 0 Å². The summed E-state index contributed by atoms with van der Waals surface area (Å²) in [6.45, 7) is 0. The Morgan fingerprint density at radius 3 is 2.58 bits per heavy atom. The molecule has 96 valence electrons. The maximum absolute atomic E-state index is 12.0. The molecule has 0 heterocycles. The summed E-state index contributed by atoms with van der Waals surface area (Å²) in [6.07, 6.45) is 4.99. The lowest BCUT2D eigenvalue weighted by molar-refractivity contribution is -0.144. The van der Waals surface area contributed by atoms with Crippen LogP contribution in [0.25, 0.3) is 0 Å². The number of hydrogen-bond acceptors (Lipinski definition) is 3. The third-order valence-electron chi connectivity index (χ3n) is 2.69. The highest BCUT2D eigenvalue weighted by Crippen LogP contribution is 2.15. The van der Waals surface area contributed by atoms with Gasteiger partial charge in [0.05, 0.1) is 12.7 Å². The second kappa shape index (κ2) is 5.85. The summed E-state index contributed by atoms with van der Waals surface area (Å²) < 4.78 is 4.72. The predicted octanol–water partition coefficient (Wildman–Crippen LogP) is 1.67. The van der Waals surface area contributed by atoms with Crippen LogP contribution in [0.2, 0.25) is 0 Å². The van der Waals surface area contributed by atoms with Crippen LogP contribution >= 0.6 is 0 Å². The zero-order valence-electron chi connectivity index (χ0n) is 10.4. The molecule has 19 heavy (non-hydrogen) atoms. The van der Waals surface area contributed by atoms with E-state index in [4.69, 9.17) is 4.74 Å². The average molecular weight is 255 g/mol. The van der Waals surface area contributed by atoms with Gasteiger partial charge in [0, 0.05) is 0 Å². The van der Waals surface area contributed by atoms with Gasteiger partial charge in [0.1, 0.15) is 0 Å². The maximum Gasteiger partial charge on any atom is 0.333 e. The predicted molar refractivity (Wildman–Crippen MR) is 70.1 cm³/mol. The first kappa shape index (κ1) is 12.9. The van der Waals surface area contributed by atoms with Crippen LogP contribution in [0.15, 0.2) is 59.9 Å². The number of amides is 1. The topological polar surface area (TPSA) is 55.4 Å². The second-order valence-corrected chi connectivity index (χ2v) is 3.92. The Balaban J connectivity index is 2.20. The van der Waals surface area contributed by atoms with Crippen molar-refractivity contribution in [3.05, 3.63) is 65.4 Å². The van der Waals surface area contributed by atoms with Gasteiger partial charge in [-0.15, -0.1) is 5.73 Å². The quantitative estimate of drug-likeness (QED) is 0.657. The molecular formula is C15H13NO3. The molecule has 1 atom stereocenters. The van der Waals surface area contributed by atoms with Gasteiger partial charge in [-0.3, -0.25) is 4.79 Å². The molecule has 0 aromatic heterocycles. The third-order valence-corrected chi connectivity index (χ3v) is 2.69. The number of methoxy groups -OCH3 is 1. The first-order valence-corrected chi connectivity index (χ1v) is 5.79. The summed E-state index contributed by atoms with van der Waals surface area (Å²) in [5.41, 5.74) is 3.86. The summed E-state index contributed by atoms with van der Waals surface area (Å²) >= 11 is 0. The number of rotatable bonds is 4. The smallest absolute Gasteiger partial charge is 0.333 e. The van der Waals surface area contributed by atoms with Crippen LogP contribution in [0.1, 0.15) is 11.6 Å². The SMILES string of the molecule is COC(=O)[C@@H](NC(=O)C1=C=CC=C1)c1ccccc1. The summed E-state index contributed by atoms with van der Waals surface area (Å²) in [6, 6.07) is 8.14. The van der Waals surface area contributed by atoms with Gasteiger partial charge in [0.2, 0.25) is 0 Å². The molecule has 0 unspecified atom stereocenters. The van der Waals surface area contributed by atoms with Crippen molar-refractivity contribution in [3.63, 3.8) is 0 Å². The highest BCUT2D eigenvalue weighted by molar-refractivity contribution is 5.99. The van der Waals surface area contributed by atoms with Crippen molar-refractivity contribution in [2.45, 2.75) is 6.04 Å². The molecule has 0 spiro atoms. The Morgan fingerprint density at radius 2 is 2.00 bits per heavy atom. The van der Waals surface area contributed by atoms with E-state index < -0.39 is 12.0 Å². The Labute approximate surface area is 111 Å². The van der Waals surface area contributed by atoms with E-state index in [-0.39, 0.29) is 5.91 Å². The van der Waals surface area contributed by atoms with Crippen molar-refractivity contribution in [3.8, 4) is 0 Å². The van der Waals surface area contributed by atoms with Crippen LogP contribution in [0.3, 0.4) is 0 Å². The first-order valence-electron chi connectivity index (χ1n) is 5.79. The largest absolute Gasteiger partial charge is 0.467 e. The summed E-state index contributed by atoms with van der Waals surface area (Å²) in [7, 11) is 1.29. The Morgan fingerprint density at radius 1 is 1.26 bits per heavy atom. The van der Waals surface area contributed by atoms with E-state index in [1.54, 1.807) is 42.5 Å². The molecule has 1 aromatic carbocycles. The standard InChI is InChI=1S/C15H13NO3/c1-19-15(18)13(11-7-3-2-4-8-11)16-14(17)12-9-5-6-10-12/h2-9,13H,1H3,(H,16,17)/t13-/m0/s1. The number of esters is 1. The van der Waals surface area contributed by atoms with E-state index in [1.807, 2.05) is 6.07 Å². The molecule has 1 amide bonds. The van der Waals surface area contributed by atoms with E-state index >= 15 is 0 Å². The molecule has 4 heteroatoms. The van der Waals surface area contributed by atoms with Gasteiger partial charge >= 0.3 is 5.97 Å². The normalized spacial score (nSPS) is 13.8. The number of carbonyl (C=O) groups excluding carboxylic acids is 2. The van der Waals surface area contributed by atoms with E-state index in [1.165, 1.54) is 7.11 Å². The average Bonchev–Trinajstić information content (AvgIpc) is 2.99. The molecule has 1 aromatic rings. The van der Waals surface area contributed by atoms with Crippen molar-refractivity contribution in [2.24, 2.45) is 0 Å². The zero-order chi connectivity index (χ0) is 13.7. The highest BCUT2D eigenvalue weighted by atomic mass is 16.5. The Bertz CT molecular complexity index is 581. The number of allylic oxidation sites excluding steroid dienone is 1. The molecule has 0 aliphatic heterocycles. The highest BCUT2D eigenvalue weighted by Gasteiger charge is 2.24. The molecule has 1 aliphatic carbocycles. The summed E-state index contributed by atoms with van der Waals surface area (Å²) in [5.74, 6) is -0.865. The number of nitrogens with one attached hydrogen (secondary N) is 1. The number of carbonyl (C=O) groups is 2. The van der Waals surface area contributed by atoms with Crippen LogP contribution in [0, 0.1) is 0 Å². The van der Waals surface area contributed by atoms with E-state index in [0.717, 1.165) is 0 Å². The molecule has 0 saturated carbocycles. The number of ether oxygens (including phenoxy) is 1. The minimum absolute atomic E-state index is 0.357. The lowest BCUT2D eigenvalue weighted by Crippen LogP contribution is -2.34. The zero-order valence-corrected chi connectivity index (χ0v) is 10.4. The fourth-order valence-electron chi connectivity index (χ4n) is 1.72. The molecular weight excluding hydrogens is 242 g/mol. The molecule has 1 aliphatic rings. The van der Waals surface area contributed by atoms with Gasteiger partial charge in [-0.05, 0) is 17.7 Å². The fourth-order valence-corrected chi connectivity index (χ4v) is 1.72. The molecule has 0 saturated heterocycles. The summed E-state index contributed by atoms with van der Waals surface area (Å²) in [5, 5.41) is 2.64. The Kier molecular flexibility index (Phi) is 3.96. The van der Waals surface area contributed by atoms with Gasteiger partial charge in [0.25, 0.3) is 5.91 Å². The molecule has 0 fully saturated rings. The van der Waals surface area contributed by atoms with Crippen molar-refractivity contribution < 1.29 is 14.3 Å². The second-order valence-electron chi connectivity index (χ2n) is 3.92. The van der Waals surface area contributed by atoms with E-state index in [2.05, 4.69) is 11.0 Å². The number of hydrogen-bond donors (Lipinski definition) is 1. The fraction of sp³-hybridized carbons (Fsp3) is 0.133.